The standard InChI is InChI=1S/C31H27I2N3O4S/c1-4-39-23-13-11-19(12-14-23)27-26(29(37)35-22-9-7-6-8-10-22)18(3)34-31-36(27)30(38)25(41-31)16-20-15-21(32)17-24(33)28(20)40-5-2/h6-17,27H,4-5H2,1-3H3,(H,35,37)/b25-16-/t27-/m1/s1. The molecule has 0 unspecified atom stereocenters. The number of anilines is 1. The fraction of sp³-hybridized carbons (Fsp3) is 0.194. The number of fused-ring (bicyclic) bond motifs is 1. The summed E-state index contributed by atoms with van der Waals surface area (Å²) in [6.07, 6.45) is 1.86. The molecular weight excluding hydrogens is 764 g/mol. The van der Waals surface area contributed by atoms with Gasteiger partial charge in [-0.3, -0.25) is 14.2 Å². The molecule has 10 heteroatoms. The number of hydrogen-bond acceptors (Lipinski definition) is 6. The zero-order chi connectivity index (χ0) is 29.1. The lowest BCUT2D eigenvalue weighted by Gasteiger charge is -2.25. The molecule has 5 rings (SSSR count). The molecular formula is C31H27I2N3O4S. The molecule has 0 spiro atoms. The molecule has 1 aromatic heterocycles. The summed E-state index contributed by atoms with van der Waals surface area (Å²) < 4.78 is 15.7. The molecule has 0 saturated carbocycles. The van der Waals surface area contributed by atoms with E-state index in [9.17, 15) is 9.59 Å². The van der Waals surface area contributed by atoms with Gasteiger partial charge in [-0.15, -0.1) is 0 Å². The maximum Gasteiger partial charge on any atom is 0.271 e. The van der Waals surface area contributed by atoms with E-state index >= 15 is 0 Å². The van der Waals surface area contributed by atoms with E-state index in [1.807, 2.05) is 93.6 Å². The molecule has 210 valence electrons. The first-order valence-corrected chi connectivity index (χ1v) is 16.0. The van der Waals surface area contributed by atoms with Gasteiger partial charge in [0.2, 0.25) is 0 Å². The van der Waals surface area contributed by atoms with Gasteiger partial charge in [-0.25, -0.2) is 4.99 Å². The molecule has 0 aliphatic carbocycles. The van der Waals surface area contributed by atoms with Gasteiger partial charge in [0, 0.05) is 14.8 Å². The normalized spacial score (nSPS) is 14.9. The lowest BCUT2D eigenvalue weighted by atomic mass is 9.95. The minimum absolute atomic E-state index is 0.221. The fourth-order valence-corrected chi connectivity index (χ4v) is 7.77. The Morgan fingerprint density at radius 2 is 1.76 bits per heavy atom. The number of rotatable bonds is 8. The molecule has 1 aliphatic rings. The van der Waals surface area contributed by atoms with E-state index in [4.69, 9.17) is 14.5 Å². The van der Waals surface area contributed by atoms with Crippen LogP contribution < -0.4 is 29.7 Å². The molecule has 0 saturated heterocycles. The van der Waals surface area contributed by atoms with Crippen molar-refractivity contribution in [2.24, 2.45) is 4.99 Å². The number of nitrogens with one attached hydrogen (secondary N) is 1. The molecule has 1 amide bonds. The number of carbonyl (C=O) groups is 1. The van der Waals surface area contributed by atoms with Crippen LogP contribution in [0.4, 0.5) is 5.69 Å². The van der Waals surface area contributed by atoms with E-state index in [1.165, 1.54) is 11.3 Å². The number of para-hydroxylation sites is 1. The highest BCUT2D eigenvalue weighted by Gasteiger charge is 2.32. The van der Waals surface area contributed by atoms with Crippen molar-refractivity contribution in [1.29, 1.82) is 0 Å². The highest BCUT2D eigenvalue weighted by molar-refractivity contribution is 14.1. The van der Waals surface area contributed by atoms with Crippen molar-refractivity contribution >= 4 is 74.2 Å². The Morgan fingerprint density at radius 1 is 1.05 bits per heavy atom. The second kappa shape index (κ2) is 12.9. The molecule has 7 nitrogen and oxygen atoms in total. The van der Waals surface area contributed by atoms with Crippen LogP contribution in [-0.2, 0) is 4.79 Å². The molecule has 0 bridgehead atoms. The predicted molar refractivity (Wildman–Crippen MR) is 179 cm³/mol. The second-order valence-electron chi connectivity index (χ2n) is 9.14. The van der Waals surface area contributed by atoms with E-state index in [-0.39, 0.29) is 11.5 Å². The van der Waals surface area contributed by atoms with Gasteiger partial charge >= 0.3 is 0 Å². The van der Waals surface area contributed by atoms with Crippen LogP contribution in [0, 0.1) is 7.14 Å². The number of allylic oxidation sites excluding steroid dienone is 1. The Bertz CT molecular complexity index is 1810. The number of benzene rings is 3. The molecule has 4 aromatic rings. The summed E-state index contributed by atoms with van der Waals surface area (Å²) >= 11 is 5.82. The van der Waals surface area contributed by atoms with Crippen LogP contribution in [0.1, 0.15) is 37.9 Å². The third kappa shape index (κ3) is 6.28. The lowest BCUT2D eigenvalue weighted by molar-refractivity contribution is -0.113. The molecule has 2 heterocycles. The van der Waals surface area contributed by atoms with Crippen molar-refractivity contribution in [2.75, 3.05) is 18.5 Å². The number of hydrogen-bond donors (Lipinski definition) is 1. The van der Waals surface area contributed by atoms with Crippen molar-refractivity contribution in [3.8, 4) is 11.5 Å². The Balaban J connectivity index is 1.68. The van der Waals surface area contributed by atoms with Gasteiger partial charge in [0.05, 0.1) is 38.6 Å². The Hall–Kier alpha value is -2.97. The summed E-state index contributed by atoms with van der Waals surface area (Å²) in [6, 6.07) is 20.1. The van der Waals surface area contributed by atoms with E-state index in [2.05, 4.69) is 50.5 Å². The predicted octanol–water partition coefficient (Wildman–Crippen LogP) is 5.88. The summed E-state index contributed by atoms with van der Waals surface area (Å²) in [5.41, 5.74) is 3.02. The average Bonchev–Trinajstić information content (AvgIpc) is 3.25. The fourth-order valence-electron chi connectivity index (χ4n) is 4.69. The number of halogens is 2. The van der Waals surface area contributed by atoms with Crippen molar-refractivity contribution in [2.45, 2.75) is 26.8 Å². The van der Waals surface area contributed by atoms with Crippen LogP contribution in [0.15, 0.2) is 87.8 Å². The number of ether oxygens (including phenoxy) is 2. The molecule has 0 radical (unpaired) electrons. The van der Waals surface area contributed by atoms with E-state index in [0.29, 0.717) is 39.5 Å². The van der Waals surface area contributed by atoms with Gasteiger partial charge in [-0.05, 0) is 114 Å². The quantitative estimate of drug-likeness (QED) is 0.226. The van der Waals surface area contributed by atoms with Crippen LogP contribution in [0.3, 0.4) is 0 Å². The van der Waals surface area contributed by atoms with Crippen molar-refractivity contribution in [1.82, 2.24) is 4.57 Å². The SMILES string of the molecule is CCOc1ccc([C@@H]2C(C(=O)Nc3ccccc3)=C(C)N=c3s/c(=C\c4cc(I)cc(I)c4OCC)c(=O)n32)cc1. The Morgan fingerprint density at radius 3 is 2.44 bits per heavy atom. The number of carbonyl (C=O) groups excluding carboxylic acids is 1. The third-order valence-electron chi connectivity index (χ3n) is 6.42. The molecule has 1 aliphatic heterocycles. The highest BCUT2D eigenvalue weighted by Crippen LogP contribution is 2.32. The lowest BCUT2D eigenvalue weighted by Crippen LogP contribution is -2.40. The molecule has 3 aromatic carbocycles. The van der Waals surface area contributed by atoms with Crippen LogP contribution in [0.5, 0.6) is 11.5 Å². The minimum atomic E-state index is -0.671. The highest BCUT2D eigenvalue weighted by atomic mass is 127. The van der Waals surface area contributed by atoms with Gasteiger partial charge in [0.25, 0.3) is 11.5 Å². The maximum atomic E-state index is 14.1. The second-order valence-corrected chi connectivity index (χ2v) is 12.6. The number of nitrogens with zero attached hydrogens (tertiary/aromatic N) is 2. The van der Waals surface area contributed by atoms with Crippen LogP contribution >= 0.6 is 56.5 Å². The number of thiazole rings is 1. The van der Waals surface area contributed by atoms with Crippen molar-refractivity contribution in [3.05, 3.63) is 116 Å². The van der Waals surface area contributed by atoms with E-state index in [1.54, 1.807) is 4.57 Å². The summed E-state index contributed by atoms with van der Waals surface area (Å²) in [5.74, 6) is 1.15. The monoisotopic (exact) mass is 791 g/mol. The summed E-state index contributed by atoms with van der Waals surface area (Å²) in [6.45, 7) is 6.73. The van der Waals surface area contributed by atoms with Crippen LogP contribution in [-0.4, -0.2) is 23.7 Å². The maximum absolute atomic E-state index is 14.1. The first kappa shape index (κ1) is 29.5. The largest absolute Gasteiger partial charge is 0.494 e. The number of amides is 1. The van der Waals surface area contributed by atoms with Gasteiger partial charge in [0.1, 0.15) is 11.5 Å². The van der Waals surface area contributed by atoms with Crippen LogP contribution in [0.2, 0.25) is 0 Å². The zero-order valence-corrected chi connectivity index (χ0v) is 27.7. The molecule has 1 N–H and O–H groups in total. The van der Waals surface area contributed by atoms with E-state index < -0.39 is 6.04 Å². The average molecular weight is 791 g/mol. The molecule has 1 atom stereocenters. The Kier molecular flexibility index (Phi) is 9.29. The minimum Gasteiger partial charge on any atom is -0.494 e. The third-order valence-corrected chi connectivity index (χ3v) is 8.82. The van der Waals surface area contributed by atoms with E-state index in [0.717, 1.165) is 29.8 Å². The van der Waals surface area contributed by atoms with Crippen molar-refractivity contribution < 1.29 is 14.3 Å². The molecule has 0 fully saturated rings. The first-order chi connectivity index (χ1) is 19.8. The van der Waals surface area contributed by atoms with Gasteiger partial charge in [-0.2, -0.15) is 0 Å². The van der Waals surface area contributed by atoms with Gasteiger partial charge in [0.15, 0.2) is 4.80 Å². The first-order valence-electron chi connectivity index (χ1n) is 13.0. The topological polar surface area (TPSA) is 81.9 Å². The Labute approximate surface area is 268 Å². The zero-order valence-electron chi connectivity index (χ0n) is 22.6. The summed E-state index contributed by atoms with van der Waals surface area (Å²) in [7, 11) is 0. The summed E-state index contributed by atoms with van der Waals surface area (Å²) in [4.78, 5) is 33.1. The smallest absolute Gasteiger partial charge is 0.271 e. The van der Waals surface area contributed by atoms with Crippen molar-refractivity contribution in [3.63, 3.8) is 0 Å². The number of aromatic nitrogens is 1. The van der Waals surface area contributed by atoms with Gasteiger partial charge < -0.3 is 14.8 Å². The van der Waals surface area contributed by atoms with Gasteiger partial charge in [-0.1, -0.05) is 41.7 Å². The van der Waals surface area contributed by atoms with Crippen LogP contribution in [0.25, 0.3) is 6.08 Å². The molecule has 41 heavy (non-hydrogen) atoms. The summed E-state index contributed by atoms with van der Waals surface area (Å²) in [5, 5.41) is 2.98.